The van der Waals surface area contributed by atoms with Gasteiger partial charge < -0.3 is 10.4 Å². The second-order valence-electron chi connectivity index (χ2n) is 6.24. The van der Waals surface area contributed by atoms with Crippen molar-refractivity contribution in [3.63, 3.8) is 0 Å². The number of nitriles is 1. The molecule has 130 valence electrons. The minimum Gasteiger partial charge on any atom is -0.387 e. The number of aliphatic hydroxyl groups excluding tert-OH is 1. The normalized spacial score (nSPS) is 11.7. The Balaban J connectivity index is 1.50. The number of aryl methyl sites for hydroxylation is 1. The molecule has 1 amide bonds. The summed E-state index contributed by atoms with van der Waals surface area (Å²) < 4.78 is 0. The van der Waals surface area contributed by atoms with Crippen molar-refractivity contribution in [3.05, 3.63) is 83.4 Å². The van der Waals surface area contributed by atoms with Crippen LogP contribution in [0.5, 0.6) is 0 Å². The number of amides is 1. The average molecular weight is 344 g/mol. The maximum atomic E-state index is 12.0. The van der Waals surface area contributed by atoms with E-state index < -0.39 is 6.10 Å². The number of rotatable bonds is 6. The fourth-order valence-electron chi connectivity index (χ4n) is 2.84. The predicted octanol–water partition coefficient (Wildman–Crippen LogP) is 3.49. The van der Waals surface area contributed by atoms with Crippen LogP contribution in [0.4, 0.5) is 0 Å². The zero-order chi connectivity index (χ0) is 18.4. The lowest BCUT2D eigenvalue weighted by molar-refractivity contribution is -0.121. The summed E-state index contributed by atoms with van der Waals surface area (Å²) in [6.45, 7) is 0.185. The average Bonchev–Trinajstić information content (AvgIpc) is 2.70. The van der Waals surface area contributed by atoms with Crippen LogP contribution >= 0.6 is 0 Å². The zero-order valence-electron chi connectivity index (χ0n) is 14.4. The molecule has 0 saturated carbocycles. The Morgan fingerprint density at radius 1 is 1.04 bits per heavy atom. The topological polar surface area (TPSA) is 73.1 Å². The molecule has 0 aromatic heterocycles. The van der Waals surface area contributed by atoms with Crippen LogP contribution in [0.15, 0.2) is 66.7 Å². The quantitative estimate of drug-likeness (QED) is 0.719. The summed E-state index contributed by atoms with van der Waals surface area (Å²) in [6, 6.07) is 23.0. The number of carbonyl (C=O) groups excluding carboxylic acids is 1. The van der Waals surface area contributed by atoms with Crippen LogP contribution in [0.25, 0.3) is 10.8 Å². The van der Waals surface area contributed by atoms with Crippen molar-refractivity contribution in [1.82, 2.24) is 5.32 Å². The summed E-state index contributed by atoms with van der Waals surface area (Å²) >= 11 is 0. The molecule has 3 aromatic rings. The Kier molecular flexibility index (Phi) is 5.62. The number of aliphatic hydroxyl groups is 1. The Morgan fingerprint density at radius 3 is 2.50 bits per heavy atom. The summed E-state index contributed by atoms with van der Waals surface area (Å²) in [5.74, 6) is -0.103. The highest BCUT2D eigenvalue weighted by atomic mass is 16.3. The molecule has 1 unspecified atom stereocenters. The lowest BCUT2D eigenvalue weighted by Crippen LogP contribution is -2.28. The highest BCUT2D eigenvalue weighted by molar-refractivity contribution is 5.83. The largest absolute Gasteiger partial charge is 0.387 e. The molecule has 0 saturated heterocycles. The van der Waals surface area contributed by atoms with Gasteiger partial charge in [-0.2, -0.15) is 5.26 Å². The molecular formula is C22H20N2O2. The zero-order valence-corrected chi connectivity index (χ0v) is 14.4. The molecule has 0 bridgehead atoms. The molecule has 0 aliphatic rings. The Morgan fingerprint density at radius 2 is 1.77 bits per heavy atom. The maximum Gasteiger partial charge on any atom is 0.220 e. The third-order valence-corrected chi connectivity index (χ3v) is 4.37. The van der Waals surface area contributed by atoms with Gasteiger partial charge in [-0.15, -0.1) is 0 Å². The number of hydrogen-bond donors (Lipinski definition) is 2. The van der Waals surface area contributed by atoms with Crippen LogP contribution in [-0.2, 0) is 11.2 Å². The van der Waals surface area contributed by atoms with E-state index in [0.717, 1.165) is 21.9 Å². The van der Waals surface area contributed by atoms with Crippen molar-refractivity contribution in [2.45, 2.75) is 18.9 Å². The summed E-state index contributed by atoms with van der Waals surface area (Å²) in [5.41, 5.74) is 2.40. The van der Waals surface area contributed by atoms with E-state index in [1.54, 1.807) is 12.1 Å². The van der Waals surface area contributed by atoms with Crippen LogP contribution in [0.2, 0.25) is 0 Å². The Labute approximate surface area is 152 Å². The number of nitrogens with zero attached hydrogens (tertiary/aromatic N) is 1. The molecule has 0 heterocycles. The number of fused-ring (bicyclic) bond motifs is 1. The monoisotopic (exact) mass is 344 g/mol. The van der Waals surface area contributed by atoms with Gasteiger partial charge in [-0.25, -0.2) is 0 Å². The molecule has 3 rings (SSSR count). The first-order valence-electron chi connectivity index (χ1n) is 8.58. The molecule has 26 heavy (non-hydrogen) atoms. The van der Waals surface area contributed by atoms with E-state index in [0.29, 0.717) is 18.4 Å². The summed E-state index contributed by atoms with van der Waals surface area (Å²) in [5, 5.41) is 24.1. The van der Waals surface area contributed by atoms with Gasteiger partial charge in [0, 0.05) is 13.0 Å². The molecule has 0 fully saturated rings. The van der Waals surface area contributed by atoms with Crippen molar-refractivity contribution < 1.29 is 9.90 Å². The van der Waals surface area contributed by atoms with Crippen molar-refractivity contribution in [3.8, 4) is 6.07 Å². The molecule has 0 aliphatic heterocycles. The number of carbonyl (C=O) groups is 1. The minimum absolute atomic E-state index is 0.103. The van der Waals surface area contributed by atoms with Crippen LogP contribution < -0.4 is 5.32 Å². The van der Waals surface area contributed by atoms with Crippen molar-refractivity contribution in [2.24, 2.45) is 0 Å². The van der Waals surface area contributed by atoms with Gasteiger partial charge in [-0.3, -0.25) is 4.79 Å². The van der Waals surface area contributed by atoms with E-state index in [1.165, 1.54) is 0 Å². The maximum absolute atomic E-state index is 12.0. The lowest BCUT2D eigenvalue weighted by Gasteiger charge is -2.13. The number of nitrogens with one attached hydrogen (secondary N) is 1. The Hall–Kier alpha value is -3.16. The minimum atomic E-state index is -0.738. The van der Waals surface area contributed by atoms with Crippen molar-refractivity contribution in [1.29, 1.82) is 5.26 Å². The van der Waals surface area contributed by atoms with Crippen molar-refractivity contribution >= 4 is 16.7 Å². The third kappa shape index (κ3) is 4.47. The summed E-state index contributed by atoms with van der Waals surface area (Å²) in [6.07, 6.45) is 0.207. The highest BCUT2D eigenvalue weighted by Crippen LogP contribution is 2.20. The second kappa shape index (κ2) is 8.28. The predicted molar refractivity (Wildman–Crippen MR) is 101 cm³/mol. The molecule has 0 radical (unpaired) electrons. The standard InChI is InChI=1S/C22H20N2O2/c23-14-17-7-5-16(6-8-17)9-12-22(26)24-15-21(25)20-11-10-18-3-1-2-4-19(18)13-20/h1-8,10-11,13,21,25H,9,12,15H2,(H,24,26). The molecular weight excluding hydrogens is 324 g/mol. The van der Waals surface area contributed by atoms with E-state index in [-0.39, 0.29) is 12.5 Å². The van der Waals surface area contributed by atoms with Crippen molar-refractivity contribution in [2.75, 3.05) is 6.54 Å². The van der Waals surface area contributed by atoms with Gasteiger partial charge in [0.2, 0.25) is 5.91 Å². The van der Waals surface area contributed by atoms with Gasteiger partial charge in [-0.05, 0) is 46.5 Å². The van der Waals surface area contributed by atoms with Gasteiger partial charge in [0.1, 0.15) is 0 Å². The van der Waals surface area contributed by atoms with Gasteiger partial charge in [0.25, 0.3) is 0 Å². The first kappa shape index (κ1) is 17.7. The fourth-order valence-corrected chi connectivity index (χ4v) is 2.84. The molecule has 4 heteroatoms. The van der Waals surface area contributed by atoms with Crippen LogP contribution in [0.3, 0.4) is 0 Å². The van der Waals surface area contributed by atoms with E-state index in [2.05, 4.69) is 11.4 Å². The fraction of sp³-hybridized carbons (Fsp3) is 0.182. The van der Waals surface area contributed by atoms with Crippen LogP contribution in [-0.4, -0.2) is 17.6 Å². The van der Waals surface area contributed by atoms with Gasteiger partial charge in [0.15, 0.2) is 0 Å². The summed E-state index contributed by atoms with van der Waals surface area (Å²) in [4.78, 5) is 12.0. The third-order valence-electron chi connectivity index (χ3n) is 4.37. The second-order valence-corrected chi connectivity index (χ2v) is 6.24. The molecule has 0 spiro atoms. The lowest BCUT2D eigenvalue weighted by atomic mass is 10.0. The smallest absolute Gasteiger partial charge is 0.220 e. The number of hydrogen-bond acceptors (Lipinski definition) is 3. The van der Waals surface area contributed by atoms with Crippen LogP contribution in [0.1, 0.15) is 29.2 Å². The van der Waals surface area contributed by atoms with E-state index in [1.807, 2.05) is 54.6 Å². The molecule has 2 N–H and O–H groups in total. The molecule has 0 aliphatic carbocycles. The highest BCUT2D eigenvalue weighted by Gasteiger charge is 2.10. The molecule has 1 atom stereocenters. The van der Waals surface area contributed by atoms with E-state index in [9.17, 15) is 9.90 Å². The van der Waals surface area contributed by atoms with Gasteiger partial charge in [-0.1, -0.05) is 48.5 Å². The molecule has 4 nitrogen and oxygen atoms in total. The van der Waals surface area contributed by atoms with Crippen LogP contribution in [0, 0.1) is 11.3 Å². The van der Waals surface area contributed by atoms with Gasteiger partial charge in [0.05, 0.1) is 17.7 Å². The molecule has 3 aromatic carbocycles. The Bertz CT molecular complexity index is 942. The SMILES string of the molecule is N#Cc1ccc(CCC(=O)NCC(O)c2ccc3ccccc3c2)cc1. The van der Waals surface area contributed by atoms with Gasteiger partial charge >= 0.3 is 0 Å². The van der Waals surface area contributed by atoms with E-state index in [4.69, 9.17) is 5.26 Å². The van der Waals surface area contributed by atoms with E-state index >= 15 is 0 Å². The first-order valence-corrected chi connectivity index (χ1v) is 8.58. The number of benzene rings is 3. The first-order chi connectivity index (χ1) is 12.7. The summed E-state index contributed by atoms with van der Waals surface area (Å²) in [7, 11) is 0.